The topological polar surface area (TPSA) is 54.5 Å². The van der Waals surface area contributed by atoms with Gasteiger partial charge in [-0.1, -0.05) is 6.07 Å². The number of pyridine rings is 1. The van der Waals surface area contributed by atoms with Crippen molar-refractivity contribution in [2.45, 2.75) is 6.42 Å². The van der Waals surface area contributed by atoms with Gasteiger partial charge in [-0.25, -0.2) is 4.98 Å². The van der Waals surface area contributed by atoms with E-state index in [1.165, 1.54) is 7.11 Å². The Morgan fingerprint density at radius 2 is 2.24 bits per heavy atom. The van der Waals surface area contributed by atoms with Crippen molar-refractivity contribution < 1.29 is 9.53 Å². The number of aromatic nitrogens is 1. The largest absolute Gasteiger partial charge is 0.469 e. The number of methoxy groups -OCH3 is 1. The van der Waals surface area contributed by atoms with Crippen LogP contribution in [0.1, 0.15) is 5.56 Å². The van der Waals surface area contributed by atoms with Gasteiger partial charge in [0.15, 0.2) is 0 Å². The van der Waals surface area contributed by atoms with E-state index in [-0.39, 0.29) is 12.4 Å². The average molecular weight is 235 g/mol. The van der Waals surface area contributed by atoms with E-state index in [1.807, 2.05) is 12.1 Å². The van der Waals surface area contributed by atoms with Gasteiger partial charge in [-0.2, -0.15) is 0 Å². The summed E-state index contributed by atoms with van der Waals surface area (Å²) in [7, 11) is 1.39. The number of esters is 1. The second-order valence-electron chi connectivity index (χ2n) is 4.01. The minimum atomic E-state index is -0.235. The Morgan fingerprint density at radius 1 is 1.47 bits per heavy atom. The maximum atomic E-state index is 11.1. The molecule has 0 aliphatic carbocycles. The van der Waals surface area contributed by atoms with Crippen LogP contribution >= 0.6 is 0 Å². The van der Waals surface area contributed by atoms with E-state index in [2.05, 4.69) is 19.9 Å². The van der Waals surface area contributed by atoms with Crippen LogP contribution in [-0.4, -0.2) is 44.2 Å². The summed E-state index contributed by atoms with van der Waals surface area (Å²) in [6, 6.07) is 3.89. The van der Waals surface area contributed by atoms with E-state index in [0.29, 0.717) is 0 Å². The summed E-state index contributed by atoms with van der Waals surface area (Å²) in [6.07, 6.45) is 2.03. The predicted molar refractivity (Wildman–Crippen MR) is 65.0 cm³/mol. The fourth-order valence-electron chi connectivity index (χ4n) is 1.84. The van der Waals surface area contributed by atoms with Crippen LogP contribution in [-0.2, 0) is 16.0 Å². The predicted octanol–water partition coefficient (Wildman–Crippen LogP) is 0.207. The molecular weight excluding hydrogens is 218 g/mol. The first-order valence-corrected chi connectivity index (χ1v) is 5.77. The summed E-state index contributed by atoms with van der Waals surface area (Å²) in [5.74, 6) is 0.738. The molecule has 2 rings (SSSR count). The molecular formula is C12H17N3O2. The van der Waals surface area contributed by atoms with Gasteiger partial charge in [-0.3, -0.25) is 4.79 Å². The highest BCUT2D eigenvalue weighted by molar-refractivity contribution is 5.72. The van der Waals surface area contributed by atoms with Crippen LogP contribution in [0.25, 0.3) is 0 Å². The zero-order valence-corrected chi connectivity index (χ0v) is 9.98. The molecule has 0 atom stereocenters. The van der Waals surface area contributed by atoms with Crippen LogP contribution in [0.15, 0.2) is 18.3 Å². The molecule has 17 heavy (non-hydrogen) atoms. The molecule has 1 aromatic heterocycles. The van der Waals surface area contributed by atoms with Crippen molar-refractivity contribution in [3.63, 3.8) is 0 Å². The average Bonchev–Trinajstić information content (AvgIpc) is 2.40. The minimum Gasteiger partial charge on any atom is -0.469 e. The molecule has 0 radical (unpaired) electrons. The molecule has 1 N–H and O–H groups in total. The van der Waals surface area contributed by atoms with Gasteiger partial charge in [0, 0.05) is 32.4 Å². The first kappa shape index (κ1) is 11.9. The lowest BCUT2D eigenvalue weighted by Gasteiger charge is -2.28. The second kappa shape index (κ2) is 5.63. The number of anilines is 1. The van der Waals surface area contributed by atoms with E-state index in [9.17, 15) is 4.79 Å². The summed E-state index contributed by atoms with van der Waals surface area (Å²) < 4.78 is 4.62. The first-order valence-electron chi connectivity index (χ1n) is 5.77. The number of piperazine rings is 1. The van der Waals surface area contributed by atoms with E-state index >= 15 is 0 Å². The van der Waals surface area contributed by atoms with Crippen molar-refractivity contribution in [3.05, 3.63) is 23.9 Å². The highest BCUT2D eigenvalue weighted by Gasteiger charge is 2.11. The Morgan fingerprint density at radius 3 is 2.82 bits per heavy atom. The van der Waals surface area contributed by atoms with Crippen molar-refractivity contribution in [1.29, 1.82) is 0 Å². The van der Waals surface area contributed by atoms with Gasteiger partial charge < -0.3 is 15.0 Å². The highest BCUT2D eigenvalue weighted by atomic mass is 16.5. The number of nitrogens with one attached hydrogen (secondary N) is 1. The standard InChI is InChI=1S/C12H17N3O2/c1-17-12(16)8-10-2-3-11(14-9-10)15-6-4-13-5-7-15/h2-3,9,13H,4-8H2,1H3. The molecule has 1 fully saturated rings. The third-order valence-corrected chi connectivity index (χ3v) is 2.83. The quantitative estimate of drug-likeness (QED) is 0.759. The van der Waals surface area contributed by atoms with Gasteiger partial charge in [0.2, 0.25) is 0 Å². The minimum absolute atomic E-state index is 0.235. The molecule has 2 heterocycles. The van der Waals surface area contributed by atoms with Crippen LogP contribution in [0, 0.1) is 0 Å². The third-order valence-electron chi connectivity index (χ3n) is 2.83. The molecule has 0 amide bonds. The monoisotopic (exact) mass is 235 g/mol. The molecule has 0 saturated carbocycles. The van der Waals surface area contributed by atoms with E-state index in [4.69, 9.17) is 0 Å². The van der Waals surface area contributed by atoms with E-state index in [1.54, 1.807) is 6.20 Å². The molecule has 92 valence electrons. The van der Waals surface area contributed by atoms with Crippen molar-refractivity contribution in [2.75, 3.05) is 38.2 Å². The molecule has 1 aliphatic heterocycles. The molecule has 1 aliphatic rings. The second-order valence-corrected chi connectivity index (χ2v) is 4.01. The number of carbonyl (C=O) groups is 1. The zero-order chi connectivity index (χ0) is 12.1. The SMILES string of the molecule is COC(=O)Cc1ccc(N2CCNCC2)nc1. The summed E-state index contributed by atoms with van der Waals surface area (Å²) in [4.78, 5) is 17.7. The molecule has 0 bridgehead atoms. The fraction of sp³-hybridized carbons (Fsp3) is 0.500. The van der Waals surface area contributed by atoms with Crippen LogP contribution in [0.3, 0.4) is 0 Å². The fourth-order valence-corrected chi connectivity index (χ4v) is 1.84. The maximum Gasteiger partial charge on any atom is 0.310 e. The lowest BCUT2D eigenvalue weighted by Crippen LogP contribution is -2.43. The molecule has 1 saturated heterocycles. The van der Waals surface area contributed by atoms with Gasteiger partial charge in [-0.15, -0.1) is 0 Å². The normalized spacial score (nSPS) is 15.7. The zero-order valence-electron chi connectivity index (χ0n) is 9.98. The van der Waals surface area contributed by atoms with E-state index in [0.717, 1.165) is 37.6 Å². The van der Waals surface area contributed by atoms with Crippen molar-refractivity contribution in [1.82, 2.24) is 10.3 Å². The Bertz CT molecular complexity index is 372. The van der Waals surface area contributed by atoms with Crippen molar-refractivity contribution >= 4 is 11.8 Å². The molecule has 0 unspecified atom stereocenters. The summed E-state index contributed by atoms with van der Waals surface area (Å²) in [5.41, 5.74) is 0.885. The highest BCUT2D eigenvalue weighted by Crippen LogP contribution is 2.12. The van der Waals surface area contributed by atoms with Gasteiger partial charge >= 0.3 is 5.97 Å². The summed E-state index contributed by atoms with van der Waals surface area (Å²) in [6.45, 7) is 3.93. The van der Waals surface area contributed by atoms with Gasteiger partial charge in [-0.05, 0) is 11.6 Å². The number of carbonyl (C=O) groups excluding carboxylic acids is 1. The molecule has 5 heteroatoms. The van der Waals surface area contributed by atoms with Gasteiger partial charge in [0.1, 0.15) is 5.82 Å². The molecule has 0 spiro atoms. The van der Waals surface area contributed by atoms with Gasteiger partial charge in [0.05, 0.1) is 13.5 Å². The smallest absolute Gasteiger partial charge is 0.310 e. The summed E-state index contributed by atoms with van der Waals surface area (Å²) >= 11 is 0. The molecule has 0 aromatic carbocycles. The van der Waals surface area contributed by atoms with Crippen LogP contribution in [0.5, 0.6) is 0 Å². The van der Waals surface area contributed by atoms with Gasteiger partial charge in [0.25, 0.3) is 0 Å². The lowest BCUT2D eigenvalue weighted by atomic mass is 10.2. The van der Waals surface area contributed by atoms with E-state index < -0.39 is 0 Å². The summed E-state index contributed by atoms with van der Waals surface area (Å²) in [5, 5.41) is 3.30. The number of rotatable bonds is 3. The number of hydrogen-bond donors (Lipinski definition) is 1. The third kappa shape index (κ3) is 3.17. The Balaban J connectivity index is 1.99. The Kier molecular flexibility index (Phi) is 3.93. The lowest BCUT2D eigenvalue weighted by molar-refractivity contribution is -0.139. The Hall–Kier alpha value is -1.62. The first-order chi connectivity index (χ1) is 8.29. The maximum absolute atomic E-state index is 11.1. The van der Waals surface area contributed by atoms with Crippen LogP contribution in [0.2, 0.25) is 0 Å². The number of nitrogens with zero attached hydrogens (tertiary/aromatic N) is 2. The number of ether oxygens (including phenoxy) is 1. The number of hydrogen-bond acceptors (Lipinski definition) is 5. The van der Waals surface area contributed by atoms with Crippen molar-refractivity contribution in [2.24, 2.45) is 0 Å². The van der Waals surface area contributed by atoms with Crippen LogP contribution < -0.4 is 10.2 Å². The van der Waals surface area contributed by atoms with Crippen molar-refractivity contribution in [3.8, 4) is 0 Å². The Labute approximate surface area is 101 Å². The molecule has 1 aromatic rings. The molecule has 5 nitrogen and oxygen atoms in total. The van der Waals surface area contributed by atoms with Crippen LogP contribution in [0.4, 0.5) is 5.82 Å².